The predicted molar refractivity (Wildman–Crippen MR) is 75.1 cm³/mol. The monoisotopic (exact) mass is 254 g/mol. The molecule has 2 aliphatic rings. The summed E-state index contributed by atoms with van der Waals surface area (Å²) in [6.45, 7) is 3.39. The molecular formula is C15H30N2O. The van der Waals surface area contributed by atoms with Crippen LogP contribution in [0.3, 0.4) is 0 Å². The van der Waals surface area contributed by atoms with E-state index in [-0.39, 0.29) is 0 Å². The average molecular weight is 254 g/mol. The van der Waals surface area contributed by atoms with Crippen molar-refractivity contribution in [2.75, 3.05) is 6.61 Å². The molecular weight excluding hydrogens is 224 g/mol. The van der Waals surface area contributed by atoms with Crippen molar-refractivity contribution in [1.29, 1.82) is 0 Å². The van der Waals surface area contributed by atoms with E-state index in [1.165, 1.54) is 64.2 Å². The fourth-order valence-electron chi connectivity index (χ4n) is 3.76. The van der Waals surface area contributed by atoms with Crippen LogP contribution in [0.1, 0.15) is 71.1 Å². The lowest BCUT2D eigenvalue weighted by molar-refractivity contribution is 0.0939. The molecule has 106 valence electrons. The second kappa shape index (κ2) is 6.88. The predicted octanol–water partition coefficient (Wildman–Crippen LogP) is 3.14. The van der Waals surface area contributed by atoms with Crippen molar-refractivity contribution in [3.05, 3.63) is 0 Å². The molecule has 0 amide bonds. The van der Waals surface area contributed by atoms with Crippen LogP contribution in [0.15, 0.2) is 0 Å². The first-order valence-corrected chi connectivity index (χ1v) is 7.82. The highest BCUT2D eigenvalue weighted by Crippen LogP contribution is 2.40. The number of ether oxygens (including phenoxy) is 1. The smallest absolute Gasteiger partial charge is 0.0576 e. The number of hydrazine groups is 1. The second-order valence-electron chi connectivity index (χ2n) is 6.50. The summed E-state index contributed by atoms with van der Waals surface area (Å²) < 4.78 is 5.69. The summed E-state index contributed by atoms with van der Waals surface area (Å²) in [7, 11) is 0. The van der Waals surface area contributed by atoms with Gasteiger partial charge in [-0.05, 0) is 50.4 Å². The van der Waals surface area contributed by atoms with Gasteiger partial charge in [-0.25, -0.2) is 0 Å². The Labute approximate surface area is 112 Å². The van der Waals surface area contributed by atoms with Crippen LogP contribution in [0.25, 0.3) is 0 Å². The summed E-state index contributed by atoms with van der Waals surface area (Å²) in [6, 6.07) is 0.485. The van der Waals surface area contributed by atoms with Gasteiger partial charge in [0.1, 0.15) is 0 Å². The fraction of sp³-hybridized carbons (Fsp3) is 1.00. The van der Waals surface area contributed by atoms with Crippen molar-refractivity contribution in [3.63, 3.8) is 0 Å². The lowest BCUT2D eigenvalue weighted by Gasteiger charge is -2.40. The van der Waals surface area contributed by atoms with Gasteiger partial charge in [-0.1, -0.05) is 26.2 Å². The zero-order chi connectivity index (χ0) is 12.8. The summed E-state index contributed by atoms with van der Waals surface area (Å²) in [5, 5.41) is 0. The maximum atomic E-state index is 5.80. The lowest BCUT2D eigenvalue weighted by atomic mass is 9.69. The summed E-state index contributed by atoms with van der Waals surface area (Å²) in [5.74, 6) is 5.80. The Bertz CT molecular complexity index is 233. The average Bonchev–Trinajstić information content (AvgIpc) is 2.88. The van der Waals surface area contributed by atoms with Gasteiger partial charge in [0.2, 0.25) is 0 Å². The first kappa shape index (κ1) is 14.3. The van der Waals surface area contributed by atoms with Crippen LogP contribution in [-0.2, 0) is 4.74 Å². The number of hydrogen-bond acceptors (Lipinski definition) is 3. The summed E-state index contributed by atoms with van der Waals surface area (Å²) in [5.41, 5.74) is 3.52. The van der Waals surface area contributed by atoms with Crippen LogP contribution >= 0.6 is 0 Å². The molecule has 1 saturated carbocycles. The molecule has 2 unspecified atom stereocenters. The number of hydrogen-bond donors (Lipinski definition) is 2. The van der Waals surface area contributed by atoms with E-state index in [2.05, 4.69) is 12.3 Å². The molecule has 3 N–H and O–H groups in total. The van der Waals surface area contributed by atoms with Crippen LogP contribution in [0, 0.1) is 5.41 Å². The molecule has 0 bridgehead atoms. The first-order valence-electron chi connectivity index (χ1n) is 7.82. The minimum atomic E-state index is 0.420. The molecule has 1 saturated heterocycles. The Kier molecular flexibility index (Phi) is 5.46. The second-order valence-corrected chi connectivity index (χ2v) is 6.50. The molecule has 18 heavy (non-hydrogen) atoms. The van der Waals surface area contributed by atoms with Crippen LogP contribution in [-0.4, -0.2) is 18.8 Å². The quantitative estimate of drug-likeness (QED) is 0.565. The minimum Gasteiger partial charge on any atom is -0.378 e. The van der Waals surface area contributed by atoms with Gasteiger partial charge in [0, 0.05) is 12.6 Å². The molecule has 3 nitrogen and oxygen atoms in total. The summed E-state index contributed by atoms with van der Waals surface area (Å²) in [6.07, 6.45) is 13.5. The molecule has 0 aromatic heterocycles. The van der Waals surface area contributed by atoms with E-state index in [0.29, 0.717) is 17.6 Å². The first-order chi connectivity index (χ1) is 8.74. The van der Waals surface area contributed by atoms with Gasteiger partial charge in [-0.15, -0.1) is 0 Å². The van der Waals surface area contributed by atoms with E-state index in [1.54, 1.807) is 0 Å². The fourth-order valence-corrected chi connectivity index (χ4v) is 3.76. The molecule has 1 aliphatic heterocycles. The SMILES string of the molecule is CC1(C(CCCC2CCCO2)NN)CCCCC1. The largest absolute Gasteiger partial charge is 0.378 e. The van der Waals surface area contributed by atoms with E-state index >= 15 is 0 Å². The van der Waals surface area contributed by atoms with Gasteiger partial charge in [0.05, 0.1) is 6.10 Å². The Morgan fingerprint density at radius 1 is 1.28 bits per heavy atom. The van der Waals surface area contributed by atoms with Crippen LogP contribution in [0.4, 0.5) is 0 Å². The highest BCUT2D eigenvalue weighted by molar-refractivity contribution is 4.89. The van der Waals surface area contributed by atoms with Gasteiger partial charge in [0.15, 0.2) is 0 Å². The van der Waals surface area contributed by atoms with Crippen molar-refractivity contribution in [2.24, 2.45) is 11.3 Å². The topological polar surface area (TPSA) is 47.3 Å². The van der Waals surface area contributed by atoms with E-state index < -0.39 is 0 Å². The third-order valence-electron chi connectivity index (χ3n) is 5.08. The van der Waals surface area contributed by atoms with Crippen LogP contribution < -0.4 is 11.3 Å². The highest BCUT2D eigenvalue weighted by atomic mass is 16.5. The van der Waals surface area contributed by atoms with Gasteiger partial charge >= 0.3 is 0 Å². The maximum absolute atomic E-state index is 5.80. The number of nitrogens with one attached hydrogen (secondary N) is 1. The van der Waals surface area contributed by atoms with Crippen molar-refractivity contribution in [2.45, 2.75) is 83.3 Å². The molecule has 1 heterocycles. The maximum Gasteiger partial charge on any atom is 0.0576 e. The third-order valence-corrected chi connectivity index (χ3v) is 5.08. The Morgan fingerprint density at radius 2 is 2.06 bits per heavy atom. The van der Waals surface area contributed by atoms with E-state index in [1.807, 2.05) is 0 Å². The van der Waals surface area contributed by atoms with Gasteiger partial charge in [-0.2, -0.15) is 0 Å². The highest BCUT2D eigenvalue weighted by Gasteiger charge is 2.34. The Morgan fingerprint density at radius 3 is 2.67 bits per heavy atom. The van der Waals surface area contributed by atoms with E-state index in [9.17, 15) is 0 Å². The van der Waals surface area contributed by atoms with Crippen molar-refractivity contribution in [1.82, 2.24) is 5.43 Å². The zero-order valence-electron chi connectivity index (χ0n) is 11.9. The lowest BCUT2D eigenvalue weighted by Crippen LogP contribution is -2.48. The molecule has 3 heteroatoms. The molecule has 2 rings (SSSR count). The molecule has 2 fully saturated rings. The summed E-state index contributed by atoms with van der Waals surface area (Å²) >= 11 is 0. The van der Waals surface area contributed by atoms with Gasteiger partial charge < -0.3 is 4.74 Å². The standard InChI is InChI=1S/C15H30N2O/c1-15(10-3-2-4-11-15)14(17-16)9-5-7-13-8-6-12-18-13/h13-14,17H,2-12,16H2,1H3. The Hall–Kier alpha value is -0.120. The van der Waals surface area contributed by atoms with Crippen LogP contribution in [0.5, 0.6) is 0 Å². The summed E-state index contributed by atoms with van der Waals surface area (Å²) in [4.78, 5) is 0. The normalized spacial score (nSPS) is 29.3. The molecule has 0 aromatic carbocycles. The van der Waals surface area contributed by atoms with Crippen molar-refractivity contribution < 1.29 is 4.74 Å². The Balaban J connectivity index is 1.73. The van der Waals surface area contributed by atoms with Crippen molar-refractivity contribution >= 4 is 0 Å². The van der Waals surface area contributed by atoms with Crippen LogP contribution in [0.2, 0.25) is 0 Å². The van der Waals surface area contributed by atoms with E-state index in [0.717, 1.165) is 6.61 Å². The number of nitrogens with two attached hydrogens (primary N) is 1. The molecule has 0 aromatic rings. The minimum absolute atomic E-state index is 0.420. The van der Waals surface area contributed by atoms with Crippen molar-refractivity contribution in [3.8, 4) is 0 Å². The molecule has 0 spiro atoms. The number of rotatable bonds is 6. The van der Waals surface area contributed by atoms with Gasteiger partial charge in [0.25, 0.3) is 0 Å². The molecule has 1 aliphatic carbocycles. The molecule has 2 atom stereocenters. The molecule has 0 radical (unpaired) electrons. The zero-order valence-corrected chi connectivity index (χ0v) is 11.9. The third kappa shape index (κ3) is 3.69. The van der Waals surface area contributed by atoms with Gasteiger partial charge in [-0.3, -0.25) is 11.3 Å². The van der Waals surface area contributed by atoms with E-state index in [4.69, 9.17) is 10.6 Å².